The van der Waals surface area contributed by atoms with Crippen molar-refractivity contribution in [2.24, 2.45) is 10.7 Å². The first kappa shape index (κ1) is 21.3. The SMILES string of the molecule is CCN=C(N)Nc1ccc(CCc2csc(NC(=O)OCc3ccccc3)n2)cc1. The van der Waals surface area contributed by atoms with Crippen molar-refractivity contribution in [3.63, 3.8) is 0 Å². The first-order valence-corrected chi connectivity index (χ1v) is 10.6. The number of nitrogens with zero attached hydrogens (tertiary/aromatic N) is 2. The maximum absolute atomic E-state index is 11.9. The van der Waals surface area contributed by atoms with E-state index in [0.717, 1.165) is 29.8 Å². The summed E-state index contributed by atoms with van der Waals surface area (Å²) in [6, 6.07) is 17.6. The zero-order valence-corrected chi connectivity index (χ0v) is 17.6. The Balaban J connectivity index is 1.44. The number of aryl methyl sites for hydroxylation is 2. The van der Waals surface area contributed by atoms with Crippen molar-refractivity contribution in [1.29, 1.82) is 0 Å². The van der Waals surface area contributed by atoms with Gasteiger partial charge in [0.15, 0.2) is 11.1 Å². The van der Waals surface area contributed by atoms with E-state index in [1.54, 1.807) is 0 Å². The molecule has 0 spiro atoms. The second kappa shape index (κ2) is 11.0. The summed E-state index contributed by atoms with van der Waals surface area (Å²) in [7, 11) is 0. The largest absolute Gasteiger partial charge is 0.444 e. The van der Waals surface area contributed by atoms with Crippen molar-refractivity contribution in [2.45, 2.75) is 26.4 Å². The van der Waals surface area contributed by atoms with E-state index in [2.05, 4.69) is 20.6 Å². The lowest BCUT2D eigenvalue weighted by Gasteiger charge is -2.06. The van der Waals surface area contributed by atoms with E-state index >= 15 is 0 Å². The molecule has 0 saturated heterocycles. The molecule has 1 aromatic heterocycles. The van der Waals surface area contributed by atoms with Crippen LogP contribution in [-0.2, 0) is 24.2 Å². The molecule has 0 radical (unpaired) electrons. The molecule has 4 N–H and O–H groups in total. The molecule has 8 heteroatoms. The lowest BCUT2D eigenvalue weighted by molar-refractivity contribution is 0.155. The number of nitrogens with one attached hydrogen (secondary N) is 2. The number of carbonyl (C=O) groups is 1. The fraction of sp³-hybridized carbons (Fsp3) is 0.227. The van der Waals surface area contributed by atoms with Crippen molar-refractivity contribution >= 4 is 34.2 Å². The van der Waals surface area contributed by atoms with Gasteiger partial charge in [-0.1, -0.05) is 42.5 Å². The summed E-state index contributed by atoms with van der Waals surface area (Å²) in [5.41, 5.74) is 9.73. The second-order valence-corrected chi connectivity index (χ2v) is 7.37. The Hall–Kier alpha value is -3.39. The van der Waals surface area contributed by atoms with Crippen LogP contribution < -0.4 is 16.4 Å². The fourth-order valence-electron chi connectivity index (χ4n) is 2.71. The molecular formula is C22H25N5O2S. The van der Waals surface area contributed by atoms with Crippen molar-refractivity contribution in [3.8, 4) is 0 Å². The fourth-order valence-corrected chi connectivity index (χ4v) is 3.44. The van der Waals surface area contributed by atoms with Crippen LogP contribution >= 0.6 is 11.3 Å². The average molecular weight is 424 g/mol. The third kappa shape index (κ3) is 6.89. The maximum atomic E-state index is 11.9. The van der Waals surface area contributed by atoms with Gasteiger partial charge in [0.05, 0.1) is 5.69 Å². The second-order valence-electron chi connectivity index (χ2n) is 6.51. The van der Waals surface area contributed by atoms with Gasteiger partial charge >= 0.3 is 6.09 Å². The molecule has 3 rings (SSSR count). The Kier molecular flexibility index (Phi) is 7.79. The smallest absolute Gasteiger partial charge is 0.413 e. The van der Waals surface area contributed by atoms with E-state index < -0.39 is 6.09 Å². The first-order valence-electron chi connectivity index (χ1n) is 9.70. The van der Waals surface area contributed by atoms with Gasteiger partial charge in [-0.2, -0.15) is 0 Å². The summed E-state index contributed by atoms with van der Waals surface area (Å²) in [6.45, 7) is 2.81. The Bertz CT molecular complexity index is 971. The van der Waals surface area contributed by atoms with Crippen LogP contribution in [0.4, 0.5) is 15.6 Å². The lowest BCUT2D eigenvalue weighted by Crippen LogP contribution is -2.22. The highest BCUT2D eigenvalue weighted by molar-refractivity contribution is 7.13. The molecule has 0 aliphatic rings. The summed E-state index contributed by atoms with van der Waals surface area (Å²) < 4.78 is 5.22. The number of hydrogen-bond acceptors (Lipinski definition) is 5. The Labute approximate surface area is 180 Å². The van der Waals surface area contributed by atoms with Gasteiger partial charge < -0.3 is 15.8 Å². The van der Waals surface area contributed by atoms with E-state index in [1.807, 2.05) is 66.9 Å². The molecule has 0 unspecified atom stereocenters. The molecule has 30 heavy (non-hydrogen) atoms. The van der Waals surface area contributed by atoms with E-state index in [9.17, 15) is 4.79 Å². The molecule has 1 amide bonds. The molecule has 7 nitrogen and oxygen atoms in total. The van der Waals surface area contributed by atoms with Crippen LogP contribution in [0, 0.1) is 0 Å². The number of hydrogen-bond donors (Lipinski definition) is 3. The quantitative estimate of drug-likeness (QED) is 0.368. The van der Waals surface area contributed by atoms with E-state index in [0.29, 0.717) is 17.6 Å². The van der Waals surface area contributed by atoms with Crippen LogP contribution in [0.25, 0.3) is 0 Å². The Morgan fingerprint density at radius 1 is 1.07 bits per heavy atom. The monoisotopic (exact) mass is 423 g/mol. The number of benzene rings is 2. The number of amides is 1. The number of aliphatic imine (C=N–C) groups is 1. The summed E-state index contributed by atoms with van der Waals surface area (Å²) in [4.78, 5) is 20.5. The molecule has 0 aliphatic heterocycles. The molecule has 2 aromatic carbocycles. The van der Waals surface area contributed by atoms with Gasteiger partial charge in [0, 0.05) is 17.6 Å². The van der Waals surface area contributed by atoms with Crippen molar-refractivity contribution in [3.05, 3.63) is 76.8 Å². The number of carbonyl (C=O) groups excluding carboxylic acids is 1. The summed E-state index contributed by atoms with van der Waals surface area (Å²) in [6.07, 6.45) is 1.12. The number of nitrogens with two attached hydrogens (primary N) is 1. The molecule has 0 bridgehead atoms. The van der Waals surface area contributed by atoms with Crippen molar-refractivity contribution in [1.82, 2.24) is 4.98 Å². The highest BCUT2D eigenvalue weighted by atomic mass is 32.1. The zero-order valence-electron chi connectivity index (χ0n) is 16.8. The van der Waals surface area contributed by atoms with Crippen molar-refractivity contribution in [2.75, 3.05) is 17.2 Å². The number of thiazole rings is 1. The standard InChI is InChI=1S/C22H25N5O2S/c1-2-24-20(23)25-18-11-8-16(9-12-18)10-13-19-15-30-21(26-19)27-22(28)29-14-17-6-4-3-5-7-17/h3-9,11-12,15H,2,10,13-14H2,1H3,(H3,23,24,25)(H,26,27,28). The van der Waals surface area contributed by atoms with Gasteiger partial charge in [-0.05, 0) is 43.0 Å². The van der Waals surface area contributed by atoms with Gasteiger partial charge in [-0.15, -0.1) is 11.3 Å². The number of guanidine groups is 1. The van der Waals surface area contributed by atoms with Crippen LogP contribution in [0.3, 0.4) is 0 Å². The van der Waals surface area contributed by atoms with Gasteiger partial charge in [0.1, 0.15) is 6.61 Å². The molecule has 1 heterocycles. The number of aromatic nitrogens is 1. The van der Waals surface area contributed by atoms with Crippen LogP contribution in [0.2, 0.25) is 0 Å². The number of anilines is 2. The highest BCUT2D eigenvalue weighted by Gasteiger charge is 2.08. The zero-order chi connectivity index (χ0) is 21.2. The predicted octanol–water partition coefficient (Wildman–Crippen LogP) is 4.42. The van der Waals surface area contributed by atoms with Crippen molar-refractivity contribution < 1.29 is 9.53 Å². The third-order valence-electron chi connectivity index (χ3n) is 4.20. The molecule has 0 aliphatic carbocycles. The number of ether oxygens (including phenoxy) is 1. The minimum absolute atomic E-state index is 0.228. The highest BCUT2D eigenvalue weighted by Crippen LogP contribution is 2.18. The van der Waals surface area contributed by atoms with Gasteiger partial charge in [-0.25, -0.2) is 9.78 Å². The molecule has 0 saturated carbocycles. The summed E-state index contributed by atoms with van der Waals surface area (Å²) >= 11 is 1.39. The van der Waals surface area contributed by atoms with Crippen LogP contribution in [-0.4, -0.2) is 23.6 Å². The van der Waals surface area contributed by atoms with E-state index in [-0.39, 0.29) is 6.61 Å². The Morgan fingerprint density at radius 3 is 2.57 bits per heavy atom. The third-order valence-corrected chi connectivity index (χ3v) is 5.00. The molecule has 3 aromatic rings. The average Bonchev–Trinajstić information content (AvgIpc) is 3.20. The van der Waals surface area contributed by atoms with Crippen LogP contribution in [0.15, 0.2) is 65.0 Å². The van der Waals surface area contributed by atoms with Gasteiger partial charge in [0.25, 0.3) is 0 Å². The maximum Gasteiger partial charge on any atom is 0.413 e. The van der Waals surface area contributed by atoms with Gasteiger partial charge in [0.2, 0.25) is 0 Å². The molecular weight excluding hydrogens is 398 g/mol. The lowest BCUT2D eigenvalue weighted by atomic mass is 10.1. The minimum Gasteiger partial charge on any atom is -0.444 e. The number of rotatable bonds is 8. The predicted molar refractivity (Wildman–Crippen MR) is 122 cm³/mol. The van der Waals surface area contributed by atoms with Crippen LogP contribution in [0.1, 0.15) is 23.7 Å². The topological polar surface area (TPSA) is 102 Å². The van der Waals surface area contributed by atoms with Crippen LogP contribution in [0.5, 0.6) is 0 Å². The molecule has 156 valence electrons. The summed E-state index contributed by atoms with van der Waals surface area (Å²) in [5.74, 6) is 0.412. The van der Waals surface area contributed by atoms with E-state index in [4.69, 9.17) is 10.5 Å². The van der Waals surface area contributed by atoms with E-state index in [1.165, 1.54) is 16.9 Å². The molecule has 0 atom stereocenters. The Morgan fingerprint density at radius 2 is 1.83 bits per heavy atom. The normalized spacial score (nSPS) is 11.2. The van der Waals surface area contributed by atoms with Gasteiger partial charge in [-0.3, -0.25) is 10.3 Å². The first-order chi connectivity index (χ1) is 14.6. The minimum atomic E-state index is -0.506. The molecule has 0 fully saturated rings. The summed E-state index contributed by atoms with van der Waals surface area (Å²) in [5, 5.41) is 8.22.